The second kappa shape index (κ2) is 11.5. The fourth-order valence-electron chi connectivity index (χ4n) is 5.97. The third-order valence-corrected chi connectivity index (χ3v) is 9.79. The third kappa shape index (κ3) is 6.13. The number of alkyl halides is 3. The standard InChI is InChI=1S/C31H32F3NO5S/c1-2-39-29(36)20-40-26-11-13-27(14-12-26)41(37,38)35-19-24-18-23(22-6-9-25(10-7-22)31(32,33)34)8-15-28(24)30(21-35)16-4-3-5-17-30/h6-15,18H,2-5,16-17,19-21H2,1H3. The highest BCUT2D eigenvalue weighted by molar-refractivity contribution is 7.89. The molecule has 0 aromatic heterocycles. The number of hydrogen-bond donors (Lipinski definition) is 0. The molecule has 0 amide bonds. The average Bonchev–Trinajstić information content (AvgIpc) is 2.96. The van der Waals surface area contributed by atoms with Crippen molar-refractivity contribution in [2.45, 2.75) is 62.1 Å². The molecule has 1 aliphatic carbocycles. The number of sulfonamides is 1. The number of nitrogens with zero attached hydrogens (tertiary/aromatic N) is 1. The van der Waals surface area contributed by atoms with Crippen molar-refractivity contribution in [3.63, 3.8) is 0 Å². The van der Waals surface area contributed by atoms with Gasteiger partial charge in [-0.05, 0) is 84.5 Å². The lowest BCUT2D eigenvalue weighted by Gasteiger charge is -2.46. The van der Waals surface area contributed by atoms with Crippen LogP contribution in [-0.4, -0.2) is 38.5 Å². The summed E-state index contributed by atoms with van der Waals surface area (Å²) in [6.45, 7) is 2.19. The molecule has 0 atom stereocenters. The van der Waals surface area contributed by atoms with E-state index < -0.39 is 27.7 Å². The fourth-order valence-corrected chi connectivity index (χ4v) is 7.47. The number of hydrogen-bond acceptors (Lipinski definition) is 5. The maximum Gasteiger partial charge on any atom is 0.416 e. The van der Waals surface area contributed by atoms with Gasteiger partial charge in [0.15, 0.2) is 6.61 Å². The molecule has 1 saturated carbocycles. The molecule has 41 heavy (non-hydrogen) atoms. The third-order valence-electron chi connectivity index (χ3n) is 7.98. The first kappa shape index (κ1) is 29.1. The molecule has 3 aromatic rings. The van der Waals surface area contributed by atoms with E-state index in [1.165, 1.54) is 40.7 Å². The van der Waals surface area contributed by atoms with Crippen molar-refractivity contribution in [3.8, 4) is 16.9 Å². The largest absolute Gasteiger partial charge is 0.482 e. The second-order valence-electron chi connectivity index (χ2n) is 10.6. The van der Waals surface area contributed by atoms with E-state index in [1.54, 1.807) is 6.92 Å². The monoisotopic (exact) mass is 587 g/mol. The number of carbonyl (C=O) groups is 1. The zero-order chi connectivity index (χ0) is 29.3. The van der Waals surface area contributed by atoms with Gasteiger partial charge in [-0.25, -0.2) is 13.2 Å². The van der Waals surface area contributed by atoms with Gasteiger partial charge in [0.05, 0.1) is 17.1 Å². The minimum absolute atomic E-state index is 0.120. The first-order valence-electron chi connectivity index (χ1n) is 13.7. The number of ether oxygens (including phenoxy) is 2. The smallest absolute Gasteiger partial charge is 0.416 e. The SMILES string of the molecule is CCOC(=O)COc1ccc(S(=O)(=O)N2Cc3cc(-c4ccc(C(F)(F)F)cc4)ccc3C3(CCCCC3)C2)cc1. The van der Waals surface area contributed by atoms with Gasteiger partial charge >= 0.3 is 12.1 Å². The quantitative estimate of drug-likeness (QED) is 0.287. The summed E-state index contributed by atoms with van der Waals surface area (Å²) in [7, 11) is -3.88. The number of fused-ring (bicyclic) bond motifs is 2. The van der Waals surface area contributed by atoms with Crippen molar-refractivity contribution in [3.05, 3.63) is 83.4 Å². The maximum atomic E-state index is 13.9. The summed E-state index contributed by atoms with van der Waals surface area (Å²) in [5.74, 6) is -0.157. The van der Waals surface area contributed by atoms with Crippen molar-refractivity contribution < 1.29 is 35.9 Å². The Morgan fingerprint density at radius 1 is 0.927 bits per heavy atom. The van der Waals surface area contributed by atoms with E-state index in [-0.39, 0.29) is 30.1 Å². The van der Waals surface area contributed by atoms with Gasteiger partial charge in [-0.3, -0.25) is 0 Å². The van der Waals surface area contributed by atoms with E-state index in [4.69, 9.17) is 9.47 Å². The van der Waals surface area contributed by atoms with Gasteiger partial charge in [-0.1, -0.05) is 43.5 Å². The highest BCUT2D eigenvalue weighted by atomic mass is 32.2. The van der Waals surface area contributed by atoms with Gasteiger partial charge in [-0.2, -0.15) is 17.5 Å². The number of benzene rings is 3. The molecule has 1 aliphatic heterocycles. The van der Waals surface area contributed by atoms with E-state index in [1.807, 2.05) is 18.2 Å². The molecule has 2 aliphatic rings. The van der Waals surface area contributed by atoms with Gasteiger partial charge in [0.1, 0.15) is 5.75 Å². The maximum absolute atomic E-state index is 13.9. The summed E-state index contributed by atoms with van der Waals surface area (Å²) in [4.78, 5) is 11.7. The molecule has 0 unspecified atom stereocenters. The van der Waals surface area contributed by atoms with Crippen molar-refractivity contribution >= 4 is 16.0 Å². The van der Waals surface area contributed by atoms with Gasteiger partial charge in [-0.15, -0.1) is 0 Å². The Hall–Kier alpha value is -3.37. The Bertz CT molecular complexity index is 1500. The van der Waals surface area contributed by atoms with E-state index in [0.29, 0.717) is 17.9 Å². The molecule has 1 heterocycles. The molecule has 218 valence electrons. The van der Waals surface area contributed by atoms with E-state index in [0.717, 1.165) is 60.9 Å². The van der Waals surface area contributed by atoms with Crippen molar-refractivity contribution in [1.82, 2.24) is 4.31 Å². The summed E-state index contributed by atoms with van der Waals surface area (Å²) in [6, 6.07) is 16.9. The van der Waals surface area contributed by atoms with Gasteiger partial charge < -0.3 is 9.47 Å². The van der Waals surface area contributed by atoms with Crippen LogP contribution in [0, 0.1) is 0 Å². The molecule has 1 fully saturated rings. The normalized spacial score (nSPS) is 17.2. The molecule has 10 heteroatoms. The lowest BCUT2D eigenvalue weighted by atomic mass is 9.66. The first-order valence-corrected chi connectivity index (χ1v) is 15.2. The van der Waals surface area contributed by atoms with Gasteiger partial charge in [0, 0.05) is 18.5 Å². The average molecular weight is 588 g/mol. The molecule has 1 spiro atoms. The summed E-state index contributed by atoms with van der Waals surface area (Å²) < 4.78 is 78.8. The molecule has 0 radical (unpaired) electrons. The van der Waals surface area contributed by atoms with E-state index >= 15 is 0 Å². The van der Waals surface area contributed by atoms with Crippen LogP contribution >= 0.6 is 0 Å². The summed E-state index contributed by atoms with van der Waals surface area (Å²) in [5.41, 5.74) is 2.34. The molecule has 3 aromatic carbocycles. The van der Waals surface area contributed by atoms with E-state index in [9.17, 15) is 26.4 Å². The molecular formula is C31H32F3NO5S. The Labute approximate surface area is 238 Å². The second-order valence-corrected chi connectivity index (χ2v) is 12.6. The van der Waals surface area contributed by atoms with Crippen LogP contribution in [0.3, 0.4) is 0 Å². The Morgan fingerprint density at radius 2 is 1.59 bits per heavy atom. The molecule has 6 nitrogen and oxygen atoms in total. The lowest BCUT2D eigenvalue weighted by molar-refractivity contribution is -0.145. The van der Waals surface area contributed by atoms with Crippen LogP contribution in [0.25, 0.3) is 11.1 Å². The lowest BCUT2D eigenvalue weighted by Crippen LogP contribution is -2.48. The van der Waals surface area contributed by atoms with Crippen LogP contribution < -0.4 is 4.74 Å². The van der Waals surface area contributed by atoms with Crippen LogP contribution in [0.1, 0.15) is 55.7 Å². The van der Waals surface area contributed by atoms with Gasteiger partial charge in [0.25, 0.3) is 0 Å². The first-order chi connectivity index (χ1) is 19.5. The number of esters is 1. The minimum atomic E-state index is -4.41. The molecular weight excluding hydrogens is 555 g/mol. The van der Waals surface area contributed by atoms with Crippen LogP contribution in [-0.2, 0) is 37.7 Å². The van der Waals surface area contributed by atoms with Crippen molar-refractivity contribution in [2.75, 3.05) is 19.8 Å². The van der Waals surface area contributed by atoms with Crippen LogP contribution in [0.15, 0.2) is 71.6 Å². The highest BCUT2D eigenvalue weighted by Crippen LogP contribution is 2.46. The van der Waals surface area contributed by atoms with Crippen LogP contribution in [0.5, 0.6) is 5.75 Å². The van der Waals surface area contributed by atoms with Crippen LogP contribution in [0.4, 0.5) is 13.2 Å². The number of halogens is 3. The van der Waals surface area contributed by atoms with Crippen molar-refractivity contribution in [2.24, 2.45) is 0 Å². The predicted octanol–water partition coefficient (Wildman–Crippen LogP) is 6.72. The Morgan fingerprint density at radius 3 is 2.22 bits per heavy atom. The molecule has 0 N–H and O–H groups in total. The highest BCUT2D eigenvalue weighted by Gasteiger charge is 2.44. The number of carbonyl (C=O) groups excluding carboxylic acids is 1. The fraction of sp³-hybridized carbons (Fsp3) is 0.387. The van der Waals surface area contributed by atoms with Gasteiger partial charge in [0.2, 0.25) is 10.0 Å². The van der Waals surface area contributed by atoms with E-state index in [2.05, 4.69) is 0 Å². The molecule has 0 saturated heterocycles. The number of rotatable bonds is 7. The predicted molar refractivity (Wildman–Crippen MR) is 148 cm³/mol. The summed E-state index contributed by atoms with van der Waals surface area (Å²) in [6.07, 6.45) is 0.419. The topological polar surface area (TPSA) is 72.9 Å². The summed E-state index contributed by atoms with van der Waals surface area (Å²) in [5, 5.41) is 0. The molecule has 0 bridgehead atoms. The summed E-state index contributed by atoms with van der Waals surface area (Å²) >= 11 is 0. The van der Waals surface area contributed by atoms with Crippen LogP contribution in [0.2, 0.25) is 0 Å². The van der Waals surface area contributed by atoms with Crippen molar-refractivity contribution in [1.29, 1.82) is 0 Å². The molecule has 5 rings (SSSR count). The Balaban J connectivity index is 1.44. The minimum Gasteiger partial charge on any atom is -0.482 e. The Kier molecular flexibility index (Phi) is 8.16. The zero-order valence-electron chi connectivity index (χ0n) is 22.7. The zero-order valence-corrected chi connectivity index (χ0v) is 23.6.